The largest absolute Gasteiger partial charge is 0.489 e. The fraction of sp³-hybridized carbons (Fsp3) is 0.281. The van der Waals surface area contributed by atoms with Crippen LogP contribution in [0.4, 0.5) is 5.69 Å². The Bertz CT molecular complexity index is 1740. The number of para-hydroxylation sites is 1. The SMILES string of the molecule is O=C1C2C(C(=O)N1c1ccc(Br)cc1)[C@@H]1C[C@H]2C2Sc3[nH]c(=O)sc3C(c3ccccc3OCc3ccccc3)C21. The number of benzene rings is 3. The van der Waals surface area contributed by atoms with E-state index in [1.807, 2.05) is 72.8 Å². The zero-order valence-electron chi connectivity index (χ0n) is 21.7. The van der Waals surface area contributed by atoms with Gasteiger partial charge in [0.15, 0.2) is 0 Å². The van der Waals surface area contributed by atoms with Gasteiger partial charge in [0.25, 0.3) is 0 Å². The van der Waals surface area contributed by atoms with Gasteiger partial charge in [-0.2, -0.15) is 0 Å². The van der Waals surface area contributed by atoms with Gasteiger partial charge in [-0.25, -0.2) is 0 Å². The molecule has 2 amide bonds. The second-order valence-corrected chi connectivity index (χ2v) is 14.4. The molecular formula is C32H25BrN2O4S2. The average Bonchev–Trinajstić information content (AvgIpc) is 3.72. The van der Waals surface area contributed by atoms with Crippen LogP contribution in [0, 0.1) is 29.6 Å². The van der Waals surface area contributed by atoms with E-state index in [2.05, 4.69) is 27.0 Å². The number of thiazole rings is 1. The smallest absolute Gasteiger partial charge is 0.305 e. The second kappa shape index (κ2) is 9.71. The number of carbonyl (C=O) groups is 2. The Labute approximate surface area is 253 Å². The molecule has 41 heavy (non-hydrogen) atoms. The van der Waals surface area contributed by atoms with Gasteiger partial charge in [-0.15, -0.1) is 11.8 Å². The lowest BCUT2D eigenvalue weighted by molar-refractivity contribution is -0.123. The molecule has 206 valence electrons. The van der Waals surface area contributed by atoms with Gasteiger partial charge in [0.2, 0.25) is 11.8 Å². The van der Waals surface area contributed by atoms with Crippen LogP contribution in [0.5, 0.6) is 5.75 Å². The van der Waals surface area contributed by atoms with Crippen molar-refractivity contribution in [2.24, 2.45) is 29.6 Å². The van der Waals surface area contributed by atoms with Crippen molar-refractivity contribution in [1.29, 1.82) is 0 Å². The van der Waals surface area contributed by atoms with Crippen molar-refractivity contribution >= 4 is 56.5 Å². The molecule has 3 fully saturated rings. The van der Waals surface area contributed by atoms with Crippen LogP contribution >= 0.6 is 39.0 Å². The van der Waals surface area contributed by atoms with Crippen LogP contribution in [0.2, 0.25) is 0 Å². The fourth-order valence-corrected chi connectivity index (χ4v) is 11.0. The maximum atomic E-state index is 14.0. The van der Waals surface area contributed by atoms with Crippen LogP contribution in [0.3, 0.4) is 0 Å². The van der Waals surface area contributed by atoms with E-state index in [1.165, 1.54) is 16.2 Å². The summed E-state index contributed by atoms with van der Waals surface area (Å²) in [4.78, 5) is 45.9. The predicted octanol–water partition coefficient (Wildman–Crippen LogP) is 6.46. The molecule has 2 saturated carbocycles. The van der Waals surface area contributed by atoms with E-state index >= 15 is 0 Å². The highest BCUT2D eigenvalue weighted by atomic mass is 79.9. The monoisotopic (exact) mass is 644 g/mol. The minimum absolute atomic E-state index is 0.0527. The number of aromatic amines is 1. The maximum absolute atomic E-state index is 14.0. The zero-order chi connectivity index (χ0) is 27.8. The van der Waals surface area contributed by atoms with Crippen LogP contribution in [-0.2, 0) is 16.2 Å². The van der Waals surface area contributed by atoms with Crippen molar-refractivity contribution in [1.82, 2.24) is 4.98 Å². The van der Waals surface area contributed by atoms with Crippen molar-refractivity contribution in [2.75, 3.05) is 4.90 Å². The van der Waals surface area contributed by atoms with Crippen LogP contribution in [0.25, 0.3) is 0 Å². The molecule has 0 radical (unpaired) electrons. The first-order valence-electron chi connectivity index (χ1n) is 13.8. The molecule has 0 spiro atoms. The van der Waals surface area contributed by atoms with Crippen molar-refractivity contribution in [3.63, 3.8) is 0 Å². The number of halogens is 1. The van der Waals surface area contributed by atoms with Crippen molar-refractivity contribution in [3.05, 3.63) is 109 Å². The summed E-state index contributed by atoms with van der Waals surface area (Å²) in [6, 6.07) is 25.6. The molecule has 4 aliphatic rings. The quantitative estimate of drug-likeness (QED) is 0.252. The fourth-order valence-electron chi connectivity index (χ4n) is 7.81. The molecule has 1 N–H and O–H groups in total. The number of amides is 2. The van der Waals surface area contributed by atoms with Gasteiger partial charge >= 0.3 is 4.87 Å². The van der Waals surface area contributed by atoms with Gasteiger partial charge in [0, 0.05) is 26.1 Å². The lowest BCUT2D eigenvalue weighted by atomic mass is 9.68. The highest BCUT2D eigenvalue weighted by molar-refractivity contribution is 9.10. The van der Waals surface area contributed by atoms with Gasteiger partial charge in [-0.05, 0) is 60.1 Å². The highest BCUT2D eigenvalue weighted by Crippen LogP contribution is 2.69. The summed E-state index contributed by atoms with van der Waals surface area (Å²) >= 11 is 6.42. The van der Waals surface area contributed by atoms with Gasteiger partial charge in [-0.1, -0.05) is 75.8 Å². The number of nitrogens with zero attached hydrogens (tertiary/aromatic N) is 1. The normalized spacial score (nSPS) is 29.4. The minimum Gasteiger partial charge on any atom is -0.489 e. The highest BCUT2D eigenvalue weighted by Gasteiger charge is 2.69. The number of fused-ring (bicyclic) bond motifs is 9. The Morgan fingerprint density at radius 2 is 1.59 bits per heavy atom. The molecule has 5 unspecified atom stereocenters. The third-order valence-corrected chi connectivity index (χ3v) is 12.4. The number of carbonyl (C=O) groups excluding carboxylic acids is 2. The Morgan fingerprint density at radius 1 is 0.878 bits per heavy atom. The zero-order valence-corrected chi connectivity index (χ0v) is 25.0. The summed E-state index contributed by atoms with van der Waals surface area (Å²) in [7, 11) is 0. The summed E-state index contributed by atoms with van der Waals surface area (Å²) in [6.45, 7) is 0.440. The van der Waals surface area contributed by atoms with E-state index in [4.69, 9.17) is 4.74 Å². The van der Waals surface area contributed by atoms with Crippen LogP contribution < -0.4 is 14.5 Å². The van der Waals surface area contributed by atoms with E-state index in [0.717, 1.165) is 37.7 Å². The average molecular weight is 646 g/mol. The van der Waals surface area contributed by atoms with Crippen LogP contribution in [-0.4, -0.2) is 22.0 Å². The van der Waals surface area contributed by atoms with E-state index in [1.54, 1.807) is 11.8 Å². The molecule has 1 aromatic heterocycles. The molecule has 7 atom stereocenters. The number of anilines is 1. The van der Waals surface area contributed by atoms with E-state index in [-0.39, 0.29) is 57.4 Å². The molecule has 2 aliphatic carbocycles. The second-order valence-electron chi connectivity index (χ2n) is 11.3. The molecular weight excluding hydrogens is 620 g/mol. The number of aromatic nitrogens is 1. The Balaban J connectivity index is 1.19. The molecule has 4 aromatic rings. The summed E-state index contributed by atoms with van der Waals surface area (Å²) in [5, 5.41) is 1.03. The number of rotatable bonds is 5. The number of nitrogens with one attached hydrogen (secondary N) is 1. The van der Waals surface area contributed by atoms with Gasteiger partial charge < -0.3 is 9.72 Å². The number of thioether (sulfide) groups is 1. The molecule has 9 heteroatoms. The third-order valence-electron chi connectivity index (χ3n) is 9.30. The van der Waals surface area contributed by atoms with E-state index in [0.29, 0.717) is 12.3 Å². The van der Waals surface area contributed by atoms with Crippen molar-refractivity contribution < 1.29 is 14.3 Å². The standard InChI is InChI=1S/C32H25BrN2O4S2/c33-17-10-12-18(13-11-17)35-30(36)25-20-14-21(26(25)31(35)37)27-24(20)23(28-29(40-27)34-32(38)41-28)19-8-4-5-9-22(19)39-15-16-6-2-1-3-7-16/h1-13,20-21,23-27H,14-15H2,(H,34,38)/t20-,21-,23?,24?,25?,26?,27?/m1/s1. The number of imide groups is 1. The van der Waals surface area contributed by atoms with Gasteiger partial charge in [0.05, 0.1) is 22.5 Å². The van der Waals surface area contributed by atoms with Gasteiger partial charge in [0.1, 0.15) is 12.4 Å². The first-order chi connectivity index (χ1) is 20.0. The Kier molecular flexibility index (Phi) is 6.05. The van der Waals surface area contributed by atoms with Crippen LogP contribution in [0.15, 0.2) is 93.2 Å². The predicted molar refractivity (Wildman–Crippen MR) is 162 cm³/mol. The Morgan fingerprint density at radius 3 is 2.37 bits per heavy atom. The van der Waals surface area contributed by atoms with Crippen molar-refractivity contribution in [2.45, 2.75) is 29.2 Å². The lowest BCUT2D eigenvalue weighted by Crippen LogP contribution is -2.42. The lowest BCUT2D eigenvalue weighted by Gasteiger charge is -2.43. The minimum atomic E-state index is -0.338. The summed E-state index contributed by atoms with van der Waals surface area (Å²) < 4.78 is 7.31. The third kappa shape index (κ3) is 3.92. The van der Waals surface area contributed by atoms with Crippen LogP contribution in [0.1, 0.15) is 28.3 Å². The molecule has 1 saturated heterocycles. The van der Waals surface area contributed by atoms with E-state index < -0.39 is 0 Å². The molecule has 2 bridgehead atoms. The summed E-state index contributed by atoms with van der Waals surface area (Å²) in [5.41, 5.74) is 2.75. The summed E-state index contributed by atoms with van der Waals surface area (Å²) in [6.07, 6.45) is 0.853. The topological polar surface area (TPSA) is 79.5 Å². The number of hydrogen-bond donors (Lipinski definition) is 1. The first-order valence-corrected chi connectivity index (χ1v) is 16.3. The molecule has 3 aromatic carbocycles. The summed E-state index contributed by atoms with van der Waals surface area (Å²) in [5.74, 6) is 0.132. The number of hydrogen-bond acceptors (Lipinski definition) is 6. The molecule has 3 heterocycles. The van der Waals surface area contributed by atoms with E-state index in [9.17, 15) is 14.4 Å². The maximum Gasteiger partial charge on any atom is 0.305 e. The Hall–Kier alpha value is -3.14. The molecule has 2 aliphatic heterocycles. The number of ether oxygens (including phenoxy) is 1. The molecule has 6 nitrogen and oxygen atoms in total. The van der Waals surface area contributed by atoms with Crippen molar-refractivity contribution in [3.8, 4) is 5.75 Å². The number of H-pyrrole nitrogens is 1. The van der Waals surface area contributed by atoms with Gasteiger partial charge in [-0.3, -0.25) is 19.3 Å². The molecule has 8 rings (SSSR count). The first kappa shape index (κ1) is 25.6.